The van der Waals surface area contributed by atoms with Crippen molar-refractivity contribution in [1.29, 1.82) is 0 Å². The van der Waals surface area contributed by atoms with Gasteiger partial charge in [0.15, 0.2) is 0 Å². The van der Waals surface area contributed by atoms with Crippen LogP contribution in [0.3, 0.4) is 0 Å². The molecule has 14 heavy (non-hydrogen) atoms. The molecule has 3 aliphatic carbocycles. The van der Waals surface area contributed by atoms with Gasteiger partial charge in [-0.05, 0) is 25.7 Å². The molecule has 0 aromatic rings. The molecule has 0 radical (unpaired) electrons. The molecule has 3 aliphatic rings. The lowest BCUT2D eigenvalue weighted by molar-refractivity contribution is -0.319. The Morgan fingerprint density at radius 3 is 1.64 bits per heavy atom. The normalized spacial score (nSPS) is 49.3. The minimum absolute atomic E-state index is 0.131. The predicted molar refractivity (Wildman–Crippen MR) is 48.1 cm³/mol. The molecule has 5 heteroatoms. The first-order valence-corrected chi connectivity index (χ1v) is 5.40. The van der Waals surface area contributed by atoms with Crippen LogP contribution >= 0.6 is 15.9 Å². The van der Waals surface area contributed by atoms with Gasteiger partial charge in [0.2, 0.25) is 0 Å². The van der Waals surface area contributed by atoms with Gasteiger partial charge >= 0.3 is 11.8 Å². The average Bonchev–Trinajstić information content (AvgIpc) is 2.07. The number of halogens is 5. The van der Waals surface area contributed by atoms with Crippen LogP contribution < -0.4 is 0 Å². The van der Waals surface area contributed by atoms with Crippen molar-refractivity contribution < 1.29 is 17.6 Å². The van der Waals surface area contributed by atoms with Crippen molar-refractivity contribution in [3.8, 4) is 0 Å². The van der Waals surface area contributed by atoms with Gasteiger partial charge in [0.25, 0.3) is 0 Å². The highest BCUT2D eigenvalue weighted by Crippen LogP contribution is 2.69. The number of alkyl halides is 5. The summed E-state index contributed by atoms with van der Waals surface area (Å²) in [6.07, 6.45) is 0.597. The van der Waals surface area contributed by atoms with E-state index >= 15 is 0 Å². The number of rotatable bonds is 0. The SMILES string of the molecule is CC12CCC(Br)(CC1)C(F)(F)C2(F)F. The first-order valence-electron chi connectivity index (χ1n) is 4.61. The van der Waals surface area contributed by atoms with Crippen LogP contribution in [-0.4, -0.2) is 16.2 Å². The molecule has 0 N–H and O–H groups in total. The molecule has 3 rings (SSSR count). The van der Waals surface area contributed by atoms with E-state index in [1.54, 1.807) is 0 Å². The summed E-state index contributed by atoms with van der Waals surface area (Å²) in [5.74, 6) is -7.81. The maximum absolute atomic E-state index is 13.5. The van der Waals surface area contributed by atoms with Crippen molar-refractivity contribution in [1.82, 2.24) is 0 Å². The maximum Gasteiger partial charge on any atom is 0.325 e. The van der Waals surface area contributed by atoms with Gasteiger partial charge in [0, 0.05) is 5.41 Å². The third kappa shape index (κ3) is 0.902. The van der Waals surface area contributed by atoms with Crippen LogP contribution in [-0.2, 0) is 0 Å². The summed E-state index contributed by atoms with van der Waals surface area (Å²) < 4.78 is 52.4. The van der Waals surface area contributed by atoms with E-state index in [1.165, 1.54) is 6.92 Å². The van der Waals surface area contributed by atoms with Crippen molar-refractivity contribution in [3.63, 3.8) is 0 Å². The molecule has 0 unspecified atom stereocenters. The molecular formula is C9H11BrF4. The fourth-order valence-electron chi connectivity index (χ4n) is 2.49. The Labute approximate surface area is 88.2 Å². The van der Waals surface area contributed by atoms with E-state index in [0.717, 1.165) is 0 Å². The molecule has 0 heterocycles. The highest BCUT2D eigenvalue weighted by atomic mass is 79.9. The Balaban J connectivity index is 2.52. The zero-order valence-corrected chi connectivity index (χ0v) is 9.30. The monoisotopic (exact) mass is 274 g/mol. The second-order valence-corrected chi connectivity index (χ2v) is 6.19. The largest absolute Gasteiger partial charge is 0.325 e. The van der Waals surface area contributed by atoms with Gasteiger partial charge in [-0.25, -0.2) is 0 Å². The molecule has 0 amide bonds. The highest BCUT2D eigenvalue weighted by Gasteiger charge is 2.79. The van der Waals surface area contributed by atoms with E-state index in [9.17, 15) is 17.6 Å². The third-order valence-electron chi connectivity index (χ3n) is 3.86. The lowest BCUT2D eigenvalue weighted by Gasteiger charge is -2.58. The summed E-state index contributed by atoms with van der Waals surface area (Å²) in [7, 11) is 0. The molecule has 0 atom stereocenters. The average molecular weight is 275 g/mol. The minimum atomic E-state index is -3.93. The van der Waals surface area contributed by atoms with E-state index < -0.39 is 21.6 Å². The molecule has 0 aliphatic heterocycles. The van der Waals surface area contributed by atoms with Gasteiger partial charge in [-0.15, -0.1) is 0 Å². The van der Waals surface area contributed by atoms with Gasteiger partial charge in [-0.3, -0.25) is 0 Å². The Bertz CT molecular complexity index is 238. The third-order valence-corrected chi connectivity index (χ3v) is 5.15. The smallest absolute Gasteiger partial charge is 0.199 e. The fraction of sp³-hybridized carbons (Fsp3) is 1.00. The van der Waals surface area contributed by atoms with Crippen molar-refractivity contribution in [2.75, 3.05) is 0 Å². The van der Waals surface area contributed by atoms with Crippen LogP contribution in [0.5, 0.6) is 0 Å². The quantitative estimate of drug-likeness (QED) is 0.463. The Kier molecular flexibility index (Phi) is 1.89. The van der Waals surface area contributed by atoms with Crippen molar-refractivity contribution in [3.05, 3.63) is 0 Å². The van der Waals surface area contributed by atoms with E-state index in [4.69, 9.17) is 0 Å². The zero-order valence-electron chi connectivity index (χ0n) is 7.72. The van der Waals surface area contributed by atoms with E-state index in [2.05, 4.69) is 15.9 Å². The van der Waals surface area contributed by atoms with Crippen LogP contribution in [0.1, 0.15) is 32.6 Å². The molecule has 3 saturated carbocycles. The predicted octanol–water partition coefficient (Wildman–Crippen LogP) is 3.98. The van der Waals surface area contributed by atoms with Crippen molar-refractivity contribution >= 4 is 15.9 Å². The van der Waals surface area contributed by atoms with E-state index in [-0.39, 0.29) is 25.7 Å². The standard InChI is InChI=1S/C9H11BrF4/c1-6-2-4-7(10,5-3-6)9(13,14)8(6,11)12/h2-5H2,1H3. The minimum Gasteiger partial charge on any atom is -0.199 e. The van der Waals surface area contributed by atoms with Crippen LogP contribution in [0.25, 0.3) is 0 Å². The second kappa shape index (κ2) is 2.47. The Morgan fingerprint density at radius 1 is 0.857 bits per heavy atom. The van der Waals surface area contributed by atoms with E-state index in [0.29, 0.717) is 0 Å². The summed E-state index contributed by atoms with van der Waals surface area (Å²) in [5.41, 5.74) is -1.52. The molecule has 3 fully saturated rings. The lowest BCUT2D eigenvalue weighted by Crippen LogP contribution is -2.69. The van der Waals surface area contributed by atoms with Crippen LogP contribution in [0.15, 0.2) is 0 Å². The van der Waals surface area contributed by atoms with Gasteiger partial charge < -0.3 is 0 Å². The summed E-state index contributed by atoms with van der Waals surface area (Å²) in [6, 6.07) is 0. The van der Waals surface area contributed by atoms with Crippen LogP contribution in [0, 0.1) is 5.41 Å². The van der Waals surface area contributed by atoms with Crippen molar-refractivity contribution in [2.24, 2.45) is 5.41 Å². The molecule has 2 bridgehead atoms. The lowest BCUT2D eigenvalue weighted by atomic mass is 9.57. The number of hydrogen-bond acceptors (Lipinski definition) is 0. The second-order valence-electron chi connectivity index (χ2n) is 4.67. The summed E-state index contributed by atoms with van der Waals surface area (Å²) in [6.45, 7) is 1.27. The number of hydrogen-bond donors (Lipinski definition) is 0. The van der Waals surface area contributed by atoms with Crippen LogP contribution in [0.4, 0.5) is 17.6 Å². The zero-order chi connectivity index (χ0) is 10.8. The maximum atomic E-state index is 13.5. The van der Waals surface area contributed by atoms with E-state index in [1.807, 2.05) is 0 Å². The first kappa shape index (κ1) is 10.7. The van der Waals surface area contributed by atoms with Gasteiger partial charge in [-0.2, -0.15) is 17.6 Å². The van der Waals surface area contributed by atoms with Gasteiger partial charge in [0.05, 0.1) is 4.32 Å². The summed E-state index contributed by atoms with van der Waals surface area (Å²) in [4.78, 5) is 0. The molecule has 0 nitrogen and oxygen atoms in total. The van der Waals surface area contributed by atoms with Crippen molar-refractivity contribution in [2.45, 2.75) is 48.8 Å². The summed E-state index contributed by atoms with van der Waals surface area (Å²) >= 11 is 2.82. The van der Waals surface area contributed by atoms with Gasteiger partial charge in [-0.1, -0.05) is 22.9 Å². The first-order chi connectivity index (χ1) is 6.16. The molecule has 0 aromatic heterocycles. The highest BCUT2D eigenvalue weighted by molar-refractivity contribution is 9.10. The molecular weight excluding hydrogens is 264 g/mol. The molecule has 0 spiro atoms. The topological polar surface area (TPSA) is 0 Å². The summed E-state index contributed by atoms with van der Waals surface area (Å²) in [5, 5.41) is 0. The molecule has 82 valence electrons. The molecule has 0 saturated heterocycles. The van der Waals surface area contributed by atoms with Gasteiger partial charge in [0.1, 0.15) is 0 Å². The Hall–Kier alpha value is 0.200. The fourth-order valence-corrected chi connectivity index (χ4v) is 3.13. The van der Waals surface area contributed by atoms with Crippen LogP contribution in [0.2, 0.25) is 0 Å². The Morgan fingerprint density at radius 2 is 1.29 bits per heavy atom. The molecule has 0 aromatic carbocycles. The number of fused-ring (bicyclic) bond motifs is 3.